The molecule has 0 saturated heterocycles. The van der Waals surface area contributed by atoms with Crippen LogP contribution in [-0.4, -0.2) is 22.2 Å². The molecule has 1 atom stereocenters. The van der Waals surface area contributed by atoms with Gasteiger partial charge in [-0.3, -0.25) is 19.5 Å². The van der Waals surface area contributed by atoms with E-state index in [2.05, 4.69) is 22.5 Å². The predicted molar refractivity (Wildman–Crippen MR) is 86.5 cm³/mol. The van der Waals surface area contributed by atoms with E-state index < -0.39 is 11.1 Å². The van der Waals surface area contributed by atoms with Crippen molar-refractivity contribution >= 4 is 5.91 Å². The molecule has 6 heteroatoms. The lowest BCUT2D eigenvalue weighted by molar-refractivity contribution is -0.122. The Kier molecular flexibility index (Phi) is 4.41. The van der Waals surface area contributed by atoms with E-state index in [0.29, 0.717) is 12.5 Å². The fraction of sp³-hybridized carbons (Fsp3) is 0.353. The van der Waals surface area contributed by atoms with Crippen LogP contribution in [0.2, 0.25) is 0 Å². The van der Waals surface area contributed by atoms with Crippen molar-refractivity contribution < 1.29 is 4.79 Å². The second-order valence-corrected chi connectivity index (χ2v) is 5.83. The van der Waals surface area contributed by atoms with Gasteiger partial charge in [-0.05, 0) is 30.4 Å². The number of aryl methyl sites for hydroxylation is 1. The number of H-pyrrole nitrogens is 1. The summed E-state index contributed by atoms with van der Waals surface area (Å²) in [5, 5.41) is 5.22. The summed E-state index contributed by atoms with van der Waals surface area (Å²) in [5.41, 5.74) is 1.84. The van der Waals surface area contributed by atoms with Gasteiger partial charge in [0.1, 0.15) is 6.54 Å². The maximum absolute atomic E-state index is 12.0. The molecule has 0 spiro atoms. The molecule has 120 valence electrons. The van der Waals surface area contributed by atoms with Gasteiger partial charge in [0.05, 0.1) is 0 Å². The number of aromatic nitrogens is 2. The molecule has 3 rings (SSSR count). The quantitative estimate of drug-likeness (QED) is 0.874. The van der Waals surface area contributed by atoms with Crippen molar-refractivity contribution in [3.63, 3.8) is 0 Å². The maximum Gasteiger partial charge on any atom is 0.265 e. The smallest absolute Gasteiger partial charge is 0.265 e. The van der Waals surface area contributed by atoms with Crippen LogP contribution in [0.15, 0.2) is 46.0 Å². The lowest BCUT2D eigenvalue weighted by Gasteiger charge is -2.25. The third-order valence-corrected chi connectivity index (χ3v) is 4.23. The predicted octanol–water partition coefficient (Wildman–Crippen LogP) is 0.773. The first kappa shape index (κ1) is 15.3. The number of fused-ring (bicyclic) bond motifs is 1. The van der Waals surface area contributed by atoms with Gasteiger partial charge < -0.3 is 5.32 Å². The molecule has 1 aliphatic carbocycles. The van der Waals surface area contributed by atoms with Gasteiger partial charge in [-0.2, -0.15) is 0 Å². The Hall–Kier alpha value is -2.63. The van der Waals surface area contributed by atoms with E-state index in [1.165, 1.54) is 11.1 Å². The first-order valence-corrected chi connectivity index (χ1v) is 7.78. The minimum atomic E-state index is -0.404. The second kappa shape index (κ2) is 6.64. The van der Waals surface area contributed by atoms with Crippen molar-refractivity contribution in [2.75, 3.05) is 6.54 Å². The van der Waals surface area contributed by atoms with Gasteiger partial charge in [0, 0.05) is 24.6 Å². The average Bonchev–Trinajstić information content (AvgIpc) is 2.56. The Balaban J connectivity index is 1.63. The van der Waals surface area contributed by atoms with E-state index in [1.807, 2.05) is 12.1 Å². The van der Waals surface area contributed by atoms with E-state index >= 15 is 0 Å². The van der Waals surface area contributed by atoms with Gasteiger partial charge in [0.15, 0.2) is 0 Å². The van der Waals surface area contributed by atoms with Gasteiger partial charge in [0.25, 0.3) is 11.1 Å². The number of carbonyl (C=O) groups excluding carboxylic acids is 1. The highest BCUT2D eigenvalue weighted by Crippen LogP contribution is 2.30. The lowest BCUT2D eigenvalue weighted by atomic mass is 9.83. The maximum atomic E-state index is 12.0. The number of nitrogens with one attached hydrogen (secondary N) is 2. The zero-order valence-corrected chi connectivity index (χ0v) is 12.7. The monoisotopic (exact) mass is 313 g/mol. The van der Waals surface area contributed by atoms with E-state index in [4.69, 9.17) is 0 Å². The fourth-order valence-electron chi connectivity index (χ4n) is 3.08. The molecule has 1 aliphatic rings. The topological polar surface area (TPSA) is 84.0 Å². The van der Waals surface area contributed by atoms with Crippen LogP contribution in [0.5, 0.6) is 0 Å². The number of amides is 1. The number of carbonyl (C=O) groups is 1. The SMILES string of the molecule is O=C(Cn1[nH]c(=O)ccc1=O)NC[C@@H]1CCCc2ccccc21. The molecule has 1 heterocycles. The van der Waals surface area contributed by atoms with Crippen LogP contribution in [0.1, 0.15) is 29.9 Å². The minimum Gasteiger partial charge on any atom is -0.354 e. The third-order valence-electron chi connectivity index (χ3n) is 4.23. The summed E-state index contributed by atoms with van der Waals surface area (Å²) >= 11 is 0. The van der Waals surface area contributed by atoms with Crippen molar-refractivity contribution in [3.8, 4) is 0 Å². The number of nitrogens with zero attached hydrogens (tertiary/aromatic N) is 1. The third kappa shape index (κ3) is 3.59. The largest absolute Gasteiger partial charge is 0.354 e. The van der Waals surface area contributed by atoms with Crippen LogP contribution in [0.25, 0.3) is 0 Å². The molecule has 0 unspecified atom stereocenters. The number of aromatic amines is 1. The molecular weight excluding hydrogens is 294 g/mol. The molecule has 1 aromatic carbocycles. The molecule has 0 aliphatic heterocycles. The second-order valence-electron chi connectivity index (χ2n) is 5.83. The van der Waals surface area contributed by atoms with Gasteiger partial charge in [0.2, 0.25) is 5.91 Å². The molecule has 0 fully saturated rings. The van der Waals surface area contributed by atoms with Crippen LogP contribution in [0.4, 0.5) is 0 Å². The first-order valence-electron chi connectivity index (χ1n) is 7.78. The van der Waals surface area contributed by atoms with Crippen LogP contribution >= 0.6 is 0 Å². The van der Waals surface area contributed by atoms with Gasteiger partial charge in [-0.15, -0.1) is 0 Å². The normalized spacial score (nSPS) is 16.6. The Bertz CT molecular complexity index is 822. The van der Waals surface area contributed by atoms with Crippen LogP contribution in [0, 0.1) is 0 Å². The number of rotatable bonds is 4. The van der Waals surface area contributed by atoms with E-state index in [-0.39, 0.29) is 12.5 Å². The molecule has 6 nitrogen and oxygen atoms in total. The van der Waals surface area contributed by atoms with Crippen molar-refractivity contribution in [2.24, 2.45) is 0 Å². The van der Waals surface area contributed by atoms with Crippen molar-refractivity contribution in [2.45, 2.75) is 31.7 Å². The molecular formula is C17H19N3O3. The Morgan fingerprint density at radius 1 is 1.22 bits per heavy atom. The molecule has 2 N–H and O–H groups in total. The number of hydrogen-bond acceptors (Lipinski definition) is 3. The molecule has 1 amide bonds. The van der Waals surface area contributed by atoms with Gasteiger partial charge in [-0.25, -0.2) is 4.68 Å². The summed E-state index contributed by atoms with van der Waals surface area (Å²) in [6.45, 7) is 0.366. The number of benzene rings is 1. The molecule has 2 aromatic rings. The summed E-state index contributed by atoms with van der Waals surface area (Å²) in [5.74, 6) is 0.0208. The zero-order valence-electron chi connectivity index (χ0n) is 12.7. The van der Waals surface area contributed by atoms with Crippen molar-refractivity contribution in [1.82, 2.24) is 15.1 Å². The summed E-state index contributed by atoms with van der Waals surface area (Å²) in [6.07, 6.45) is 3.24. The Morgan fingerprint density at radius 2 is 2.04 bits per heavy atom. The van der Waals surface area contributed by atoms with E-state index in [9.17, 15) is 14.4 Å². The first-order chi connectivity index (χ1) is 11.1. The van der Waals surface area contributed by atoms with Gasteiger partial charge in [-0.1, -0.05) is 24.3 Å². The average molecular weight is 313 g/mol. The summed E-state index contributed by atoms with van der Waals surface area (Å²) in [4.78, 5) is 34.8. The van der Waals surface area contributed by atoms with Crippen LogP contribution in [0.3, 0.4) is 0 Å². The van der Waals surface area contributed by atoms with E-state index in [0.717, 1.165) is 36.1 Å². The summed E-state index contributed by atoms with van der Waals surface area (Å²) in [6, 6.07) is 10.6. The van der Waals surface area contributed by atoms with Gasteiger partial charge >= 0.3 is 0 Å². The molecule has 23 heavy (non-hydrogen) atoms. The van der Waals surface area contributed by atoms with Crippen molar-refractivity contribution in [3.05, 3.63) is 68.2 Å². The highest BCUT2D eigenvalue weighted by Gasteiger charge is 2.20. The van der Waals surface area contributed by atoms with E-state index in [1.54, 1.807) is 0 Å². The molecule has 0 saturated carbocycles. The Labute approximate surface area is 133 Å². The highest BCUT2D eigenvalue weighted by molar-refractivity contribution is 5.75. The Morgan fingerprint density at radius 3 is 2.91 bits per heavy atom. The van der Waals surface area contributed by atoms with Crippen molar-refractivity contribution in [1.29, 1.82) is 0 Å². The zero-order chi connectivity index (χ0) is 16.2. The lowest BCUT2D eigenvalue weighted by Crippen LogP contribution is -2.37. The van der Waals surface area contributed by atoms with Crippen LogP contribution < -0.4 is 16.4 Å². The molecule has 0 radical (unpaired) electrons. The fourth-order valence-corrected chi connectivity index (χ4v) is 3.08. The summed E-state index contributed by atoms with van der Waals surface area (Å²) < 4.78 is 1.02. The summed E-state index contributed by atoms with van der Waals surface area (Å²) in [7, 11) is 0. The molecule has 0 bridgehead atoms. The standard InChI is InChI=1S/C17H19N3O3/c21-15-8-9-17(23)20(19-15)11-16(22)18-10-13-6-3-5-12-4-1-2-7-14(12)13/h1-2,4,7-9,13H,3,5-6,10-11H2,(H,18,22)(H,19,21)/t13-/m0/s1. The highest BCUT2D eigenvalue weighted by atomic mass is 16.2. The minimum absolute atomic E-state index is 0.177. The molecule has 1 aromatic heterocycles. The van der Waals surface area contributed by atoms with Crippen LogP contribution in [-0.2, 0) is 17.8 Å². The number of hydrogen-bond donors (Lipinski definition) is 2.